The maximum atomic E-state index is 11.4. The van der Waals surface area contributed by atoms with Gasteiger partial charge in [-0.15, -0.1) is 0 Å². The summed E-state index contributed by atoms with van der Waals surface area (Å²) in [5, 5.41) is 7.68. The van der Waals surface area contributed by atoms with Gasteiger partial charge in [0.25, 0.3) is 0 Å². The van der Waals surface area contributed by atoms with Gasteiger partial charge in [-0.2, -0.15) is 0 Å². The third kappa shape index (κ3) is 18.4. The molecule has 0 saturated carbocycles. The number of likely N-dealkylation sites (N-methyl/N-ethyl adjacent to an activating group) is 1. The Labute approximate surface area is 147 Å². The second-order valence-corrected chi connectivity index (χ2v) is 4.84. The summed E-state index contributed by atoms with van der Waals surface area (Å²) in [5.74, 6) is -0.528. The predicted molar refractivity (Wildman–Crippen MR) is 89.0 cm³/mol. The Morgan fingerprint density at radius 2 is 1.16 bits per heavy atom. The van der Waals surface area contributed by atoms with Crippen molar-refractivity contribution in [3.8, 4) is 0 Å². The lowest BCUT2D eigenvalue weighted by atomic mass is 10.5. The predicted octanol–water partition coefficient (Wildman–Crippen LogP) is -1.95. The number of rotatable bonds is 16. The molecule has 0 aromatic heterocycles. The monoisotopic (exact) mass is 363 g/mol. The second-order valence-electron chi connectivity index (χ2n) is 4.84. The smallest absolute Gasteiger partial charge is 0.246 e. The fraction of sp³-hybridized carbons (Fsp3) is 0.800. The first-order valence-electron chi connectivity index (χ1n) is 8.09. The van der Waals surface area contributed by atoms with Crippen LogP contribution in [-0.2, 0) is 33.3 Å². The van der Waals surface area contributed by atoms with Crippen LogP contribution in [0.2, 0.25) is 0 Å². The van der Waals surface area contributed by atoms with E-state index in [0.717, 1.165) is 0 Å². The fourth-order valence-corrected chi connectivity index (χ4v) is 1.45. The van der Waals surface area contributed by atoms with Crippen LogP contribution in [0.4, 0.5) is 0 Å². The highest BCUT2D eigenvalue weighted by molar-refractivity contribution is 5.77. The maximum Gasteiger partial charge on any atom is 0.246 e. The molecule has 0 spiro atoms. The van der Waals surface area contributed by atoms with Crippen molar-refractivity contribution in [2.24, 2.45) is 0 Å². The van der Waals surface area contributed by atoms with Gasteiger partial charge in [-0.25, -0.2) is 0 Å². The Morgan fingerprint density at radius 3 is 1.68 bits per heavy atom. The van der Waals surface area contributed by atoms with E-state index in [1.54, 1.807) is 0 Å². The van der Waals surface area contributed by atoms with E-state index in [0.29, 0.717) is 52.7 Å². The van der Waals surface area contributed by atoms with E-state index in [4.69, 9.17) is 18.9 Å². The van der Waals surface area contributed by atoms with Crippen molar-refractivity contribution in [3.05, 3.63) is 0 Å². The van der Waals surface area contributed by atoms with Gasteiger partial charge in [0.15, 0.2) is 0 Å². The van der Waals surface area contributed by atoms with Crippen LogP contribution in [0.5, 0.6) is 0 Å². The summed E-state index contributed by atoms with van der Waals surface area (Å²) in [6, 6.07) is 0. The number of carbonyl (C=O) groups is 3. The van der Waals surface area contributed by atoms with Crippen molar-refractivity contribution in [1.82, 2.24) is 16.0 Å². The van der Waals surface area contributed by atoms with Gasteiger partial charge in [0.2, 0.25) is 17.7 Å². The van der Waals surface area contributed by atoms with E-state index in [1.807, 2.05) is 0 Å². The van der Waals surface area contributed by atoms with Crippen LogP contribution in [0.15, 0.2) is 0 Å². The van der Waals surface area contributed by atoms with Crippen molar-refractivity contribution < 1.29 is 33.3 Å². The largest absolute Gasteiger partial charge is 0.377 e. The first kappa shape index (κ1) is 23.2. The summed E-state index contributed by atoms with van der Waals surface area (Å²) < 4.78 is 20.6. The van der Waals surface area contributed by atoms with Crippen molar-refractivity contribution in [3.63, 3.8) is 0 Å². The molecule has 0 saturated heterocycles. The third-order valence-corrected chi connectivity index (χ3v) is 2.68. The summed E-state index contributed by atoms with van der Waals surface area (Å²) in [6.45, 7) is 4.27. The van der Waals surface area contributed by atoms with E-state index in [1.165, 1.54) is 14.0 Å². The lowest BCUT2D eigenvalue weighted by molar-refractivity contribution is -0.127. The lowest BCUT2D eigenvalue weighted by Gasteiger charge is -2.08. The van der Waals surface area contributed by atoms with Crippen LogP contribution >= 0.6 is 0 Å². The molecule has 0 aliphatic heterocycles. The van der Waals surface area contributed by atoms with Crippen LogP contribution in [0.1, 0.15) is 6.92 Å². The topological polar surface area (TPSA) is 124 Å². The first-order chi connectivity index (χ1) is 12.1. The molecule has 25 heavy (non-hydrogen) atoms. The summed E-state index contributed by atoms with van der Waals surface area (Å²) in [5.41, 5.74) is 0. The van der Waals surface area contributed by atoms with Crippen LogP contribution in [0.3, 0.4) is 0 Å². The van der Waals surface area contributed by atoms with E-state index in [9.17, 15) is 14.4 Å². The SMILES string of the molecule is CNC(=O)COCCOCCNC(=O)COCCOCCNC(C)=O. The fourth-order valence-electron chi connectivity index (χ4n) is 1.45. The zero-order valence-electron chi connectivity index (χ0n) is 14.9. The van der Waals surface area contributed by atoms with Crippen molar-refractivity contribution in [1.29, 1.82) is 0 Å². The molecule has 0 atom stereocenters. The quantitative estimate of drug-likeness (QED) is 0.272. The van der Waals surface area contributed by atoms with Crippen molar-refractivity contribution >= 4 is 17.7 Å². The molecule has 0 aromatic rings. The standard InChI is InChI=1S/C15H29N3O7/c1-13(19)17-3-5-22-8-10-25-12-15(21)18-4-6-23-7-9-24-11-14(20)16-2/h3-12H2,1-2H3,(H,16,20)(H,17,19)(H,18,21). The molecule has 0 aromatic carbocycles. The summed E-state index contributed by atoms with van der Waals surface area (Å²) in [4.78, 5) is 32.9. The van der Waals surface area contributed by atoms with Crippen molar-refractivity contribution in [2.45, 2.75) is 6.92 Å². The molecule has 146 valence electrons. The van der Waals surface area contributed by atoms with Gasteiger partial charge in [-0.05, 0) is 0 Å². The van der Waals surface area contributed by atoms with E-state index < -0.39 is 0 Å². The Balaban J connectivity index is 3.23. The van der Waals surface area contributed by atoms with Crippen molar-refractivity contribution in [2.75, 3.05) is 73.0 Å². The van der Waals surface area contributed by atoms with E-state index >= 15 is 0 Å². The van der Waals surface area contributed by atoms with E-state index in [-0.39, 0.29) is 30.9 Å². The molecule has 0 unspecified atom stereocenters. The average molecular weight is 363 g/mol. The van der Waals surface area contributed by atoms with Gasteiger partial charge in [-0.1, -0.05) is 0 Å². The molecule has 0 aliphatic rings. The van der Waals surface area contributed by atoms with Gasteiger partial charge in [0, 0.05) is 27.1 Å². The minimum Gasteiger partial charge on any atom is -0.377 e. The molecule has 0 aliphatic carbocycles. The number of hydrogen-bond acceptors (Lipinski definition) is 7. The zero-order valence-corrected chi connectivity index (χ0v) is 14.9. The Bertz CT molecular complexity index is 380. The van der Waals surface area contributed by atoms with Gasteiger partial charge < -0.3 is 34.9 Å². The van der Waals surface area contributed by atoms with Crippen LogP contribution in [0.25, 0.3) is 0 Å². The number of nitrogens with one attached hydrogen (secondary N) is 3. The molecular weight excluding hydrogens is 334 g/mol. The number of carbonyl (C=O) groups excluding carboxylic acids is 3. The highest BCUT2D eigenvalue weighted by atomic mass is 16.5. The summed E-state index contributed by atoms with van der Waals surface area (Å²) in [7, 11) is 1.54. The molecule has 0 rings (SSSR count). The number of ether oxygens (including phenoxy) is 4. The highest BCUT2D eigenvalue weighted by Gasteiger charge is 2.01. The van der Waals surface area contributed by atoms with Gasteiger partial charge in [0.05, 0.1) is 39.6 Å². The van der Waals surface area contributed by atoms with Crippen LogP contribution in [-0.4, -0.2) is 90.7 Å². The third-order valence-electron chi connectivity index (χ3n) is 2.68. The molecule has 3 N–H and O–H groups in total. The number of hydrogen-bond donors (Lipinski definition) is 3. The molecule has 0 heterocycles. The Hall–Kier alpha value is -1.75. The summed E-state index contributed by atoms with van der Waals surface area (Å²) in [6.07, 6.45) is 0. The minimum atomic E-state index is -0.238. The maximum absolute atomic E-state index is 11.4. The first-order valence-corrected chi connectivity index (χ1v) is 8.09. The molecule has 0 fully saturated rings. The van der Waals surface area contributed by atoms with Gasteiger partial charge >= 0.3 is 0 Å². The molecular formula is C15H29N3O7. The summed E-state index contributed by atoms with van der Waals surface area (Å²) >= 11 is 0. The molecule has 0 bridgehead atoms. The van der Waals surface area contributed by atoms with Crippen LogP contribution < -0.4 is 16.0 Å². The highest BCUT2D eigenvalue weighted by Crippen LogP contribution is 1.81. The Morgan fingerprint density at radius 1 is 0.680 bits per heavy atom. The molecule has 3 amide bonds. The minimum absolute atomic E-state index is 0.00485. The number of amides is 3. The van der Waals surface area contributed by atoms with E-state index in [2.05, 4.69) is 16.0 Å². The molecule has 10 heteroatoms. The normalized spacial score (nSPS) is 10.3. The second kappa shape index (κ2) is 17.1. The average Bonchev–Trinajstić information content (AvgIpc) is 2.58. The lowest BCUT2D eigenvalue weighted by Crippen LogP contribution is -2.31. The Kier molecular flexibility index (Phi) is 15.9. The molecule has 0 radical (unpaired) electrons. The molecule has 10 nitrogen and oxygen atoms in total. The van der Waals surface area contributed by atoms with Gasteiger partial charge in [0.1, 0.15) is 13.2 Å². The zero-order chi connectivity index (χ0) is 18.8. The van der Waals surface area contributed by atoms with Gasteiger partial charge in [-0.3, -0.25) is 14.4 Å². The van der Waals surface area contributed by atoms with Crippen LogP contribution in [0, 0.1) is 0 Å².